The normalized spacial score (nSPS) is 21.8. The van der Waals surface area contributed by atoms with E-state index in [1.807, 2.05) is 0 Å². The number of carbonyl (C=O) groups excluding carboxylic acids is 1. The zero-order valence-corrected chi connectivity index (χ0v) is 15.3. The second-order valence-electron chi connectivity index (χ2n) is 5.37. The number of hydrogen-bond donors (Lipinski definition) is 2. The van der Waals surface area contributed by atoms with Gasteiger partial charge in [0.1, 0.15) is 5.70 Å². The molecule has 1 fully saturated rings. The van der Waals surface area contributed by atoms with Gasteiger partial charge in [-0.2, -0.15) is 0 Å². The summed E-state index contributed by atoms with van der Waals surface area (Å²) in [5, 5.41) is 24.3. The number of nitrogens with zero attached hydrogens (tertiary/aromatic N) is 5. The van der Waals surface area contributed by atoms with Gasteiger partial charge in [0.25, 0.3) is 0 Å². The number of aromatic nitrogens is 4. The molecule has 1 saturated heterocycles. The molecule has 2 aliphatic rings. The van der Waals surface area contributed by atoms with Crippen LogP contribution in [0.1, 0.15) is 18.7 Å². The third-order valence-corrected chi connectivity index (χ3v) is 7.24. The van der Waals surface area contributed by atoms with Gasteiger partial charge in [-0.05, 0) is 22.9 Å². The van der Waals surface area contributed by atoms with Crippen LogP contribution >= 0.6 is 23.5 Å². The van der Waals surface area contributed by atoms with Crippen molar-refractivity contribution < 1.29 is 23.1 Å². The number of hydrogen-bond acceptors (Lipinski definition) is 9. The van der Waals surface area contributed by atoms with Gasteiger partial charge in [0, 0.05) is 11.5 Å². The van der Waals surface area contributed by atoms with E-state index in [0.717, 1.165) is 16.4 Å². The molecule has 0 bridgehead atoms. The zero-order valence-electron chi connectivity index (χ0n) is 12.9. The Morgan fingerprint density at radius 1 is 1.56 bits per heavy atom. The summed E-state index contributed by atoms with van der Waals surface area (Å²) in [6, 6.07) is 0. The number of carbonyl (C=O) groups is 2. The number of nitrogens with two attached hydrogens (primary N) is 1. The maximum atomic E-state index is 11.7. The predicted octanol–water partition coefficient (Wildman–Crippen LogP) is -0.784. The molecule has 11 nitrogen and oxygen atoms in total. The standard InChI is InChI=1S/C11H14N6O5S3/c1-5(25(12,21)22)17-11(13-14-15-17)24-4-6-3-23-8-2-7(18)16(8)9(6)10(19)20/h5,8H,2-4H2,1H3,(H,19,20)(H2,12,21,22). The van der Waals surface area contributed by atoms with Gasteiger partial charge in [0.2, 0.25) is 21.1 Å². The first kappa shape index (κ1) is 18.2. The topological polar surface area (TPSA) is 161 Å². The van der Waals surface area contributed by atoms with E-state index in [0.29, 0.717) is 17.7 Å². The van der Waals surface area contributed by atoms with Crippen LogP contribution in [0.5, 0.6) is 0 Å². The number of β-lactam (4-membered cyclic amide) rings is 1. The van der Waals surface area contributed by atoms with Crippen molar-refractivity contribution in [2.75, 3.05) is 11.5 Å². The highest BCUT2D eigenvalue weighted by Crippen LogP contribution is 2.41. The summed E-state index contributed by atoms with van der Waals surface area (Å²) in [4.78, 5) is 24.6. The highest BCUT2D eigenvalue weighted by molar-refractivity contribution is 8.01. The van der Waals surface area contributed by atoms with Gasteiger partial charge in [-0.1, -0.05) is 11.8 Å². The van der Waals surface area contributed by atoms with Crippen LogP contribution in [-0.2, 0) is 19.6 Å². The van der Waals surface area contributed by atoms with E-state index in [-0.39, 0.29) is 27.9 Å². The molecule has 0 aromatic carbocycles. The Bertz CT molecular complexity index is 865. The minimum Gasteiger partial charge on any atom is -0.477 e. The van der Waals surface area contributed by atoms with Crippen molar-refractivity contribution in [1.29, 1.82) is 0 Å². The highest BCUT2D eigenvalue weighted by Gasteiger charge is 2.45. The summed E-state index contributed by atoms with van der Waals surface area (Å²) >= 11 is 2.58. The first-order valence-electron chi connectivity index (χ1n) is 7.01. The van der Waals surface area contributed by atoms with Crippen molar-refractivity contribution in [1.82, 2.24) is 25.1 Å². The monoisotopic (exact) mass is 406 g/mol. The van der Waals surface area contributed by atoms with Gasteiger partial charge in [-0.3, -0.25) is 9.69 Å². The van der Waals surface area contributed by atoms with Crippen LogP contribution in [0.4, 0.5) is 0 Å². The van der Waals surface area contributed by atoms with Crippen molar-refractivity contribution >= 4 is 45.4 Å². The summed E-state index contributed by atoms with van der Waals surface area (Å²) in [6.07, 6.45) is 0.339. The van der Waals surface area contributed by atoms with Crippen LogP contribution < -0.4 is 5.14 Å². The van der Waals surface area contributed by atoms with Gasteiger partial charge < -0.3 is 5.11 Å². The summed E-state index contributed by atoms with van der Waals surface area (Å²) in [7, 11) is -3.89. The largest absolute Gasteiger partial charge is 0.477 e. The van der Waals surface area contributed by atoms with Crippen LogP contribution in [0.2, 0.25) is 0 Å². The summed E-state index contributed by atoms with van der Waals surface area (Å²) in [5.41, 5.74) is 0.552. The fourth-order valence-electron chi connectivity index (χ4n) is 2.39. The number of carboxylic acids is 1. The first-order valence-corrected chi connectivity index (χ1v) is 10.7. The fraction of sp³-hybridized carbons (Fsp3) is 0.545. The van der Waals surface area contributed by atoms with Crippen molar-refractivity contribution in [2.45, 2.75) is 29.2 Å². The number of rotatable bonds is 6. The number of sulfonamides is 1. The molecule has 2 atom stereocenters. The van der Waals surface area contributed by atoms with Crippen LogP contribution in [0.25, 0.3) is 0 Å². The Labute approximate surface area is 151 Å². The van der Waals surface area contributed by atoms with Gasteiger partial charge in [0.15, 0.2) is 5.37 Å². The second kappa shape index (κ2) is 6.59. The fourth-order valence-corrected chi connectivity index (χ4v) is 5.23. The molecule has 1 aromatic heterocycles. The summed E-state index contributed by atoms with van der Waals surface area (Å²) < 4.78 is 24.0. The van der Waals surface area contributed by atoms with Gasteiger partial charge in [-0.15, -0.1) is 16.9 Å². The number of primary sulfonamides is 1. The highest BCUT2D eigenvalue weighted by atomic mass is 32.2. The number of aliphatic carboxylic acids is 1. The van der Waals surface area contributed by atoms with Crippen molar-refractivity contribution in [3.63, 3.8) is 0 Å². The number of amides is 1. The molecule has 0 aliphatic carbocycles. The molecule has 3 N–H and O–H groups in total. The lowest BCUT2D eigenvalue weighted by Gasteiger charge is -2.43. The van der Waals surface area contributed by atoms with E-state index in [4.69, 9.17) is 5.14 Å². The van der Waals surface area contributed by atoms with Crippen LogP contribution in [0.3, 0.4) is 0 Å². The van der Waals surface area contributed by atoms with E-state index in [1.165, 1.54) is 23.6 Å². The van der Waals surface area contributed by atoms with Gasteiger partial charge >= 0.3 is 5.97 Å². The molecule has 0 saturated carbocycles. The Morgan fingerprint density at radius 3 is 2.88 bits per heavy atom. The predicted molar refractivity (Wildman–Crippen MR) is 88.7 cm³/mol. The van der Waals surface area contributed by atoms with E-state index in [9.17, 15) is 23.1 Å². The Morgan fingerprint density at radius 2 is 2.28 bits per heavy atom. The molecule has 1 amide bonds. The molecule has 25 heavy (non-hydrogen) atoms. The molecule has 2 unspecified atom stereocenters. The molecule has 1 aromatic rings. The summed E-state index contributed by atoms with van der Waals surface area (Å²) in [6.45, 7) is 1.34. The molecular weight excluding hydrogens is 392 g/mol. The molecular formula is C11H14N6O5S3. The Hall–Kier alpha value is -1.64. The molecule has 14 heteroatoms. The van der Waals surface area contributed by atoms with Crippen molar-refractivity contribution in [3.8, 4) is 0 Å². The van der Waals surface area contributed by atoms with E-state index in [2.05, 4.69) is 15.5 Å². The molecule has 3 rings (SSSR count). The third kappa shape index (κ3) is 3.38. The van der Waals surface area contributed by atoms with E-state index < -0.39 is 21.4 Å². The molecule has 2 aliphatic heterocycles. The number of thioether (sulfide) groups is 2. The van der Waals surface area contributed by atoms with Crippen LogP contribution in [-0.4, -0.2) is 67.4 Å². The lowest BCUT2D eigenvalue weighted by molar-refractivity contribution is -0.146. The molecule has 0 spiro atoms. The third-order valence-electron chi connectivity index (χ3n) is 3.79. The van der Waals surface area contributed by atoms with Crippen LogP contribution in [0.15, 0.2) is 16.4 Å². The Balaban J connectivity index is 1.82. The SMILES string of the molecule is CC(n1nnnc1SCC1=C(C(=O)O)N2C(=O)CC2SC1)S(N)(=O)=O. The smallest absolute Gasteiger partial charge is 0.352 e. The van der Waals surface area contributed by atoms with Crippen LogP contribution in [0, 0.1) is 0 Å². The van der Waals surface area contributed by atoms with Crippen molar-refractivity contribution in [2.24, 2.45) is 5.14 Å². The quantitative estimate of drug-likeness (QED) is 0.452. The molecule has 0 radical (unpaired) electrons. The van der Waals surface area contributed by atoms with Gasteiger partial charge in [0.05, 0.1) is 11.8 Å². The minimum absolute atomic E-state index is 0.00832. The maximum Gasteiger partial charge on any atom is 0.352 e. The second-order valence-corrected chi connectivity index (χ2v) is 9.34. The van der Waals surface area contributed by atoms with E-state index in [1.54, 1.807) is 0 Å². The minimum atomic E-state index is -3.89. The summed E-state index contributed by atoms with van der Waals surface area (Å²) in [5.74, 6) is -0.700. The molecule has 3 heterocycles. The van der Waals surface area contributed by atoms with Crippen molar-refractivity contribution in [3.05, 3.63) is 11.3 Å². The number of carboxylic acid groups (broad SMARTS) is 1. The lowest BCUT2D eigenvalue weighted by Crippen LogP contribution is -2.54. The zero-order chi connectivity index (χ0) is 18.4. The average molecular weight is 406 g/mol. The van der Waals surface area contributed by atoms with Gasteiger partial charge in [-0.25, -0.2) is 23.0 Å². The maximum absolute atomic E-state index is 11.7. The lowest BCUT2D eigenvalue weighted by atomic mass is 10.1. The number of tetrazole rings is 1. The number of fused-ring (bicyclic) bond motifs is 1. The first-order chi connectivity index (χ1) is 11.7. The Kier molecular flexibility index (Phi) is 4.78. The average Bonchev–Trinajstić information content (AvgIpc) is 2.98. The van der Waals surface area contributed by atoms with E-state index >= 15 is 0 Å². The molecule has 136 valence electrons.